The molecule has 2 aromatic rings. The molecule has 1 aromatic carbocycles. The van der Waals surface area contributed by atoms with Crippen LogP contribution in [0.5, 0.6) is 0 Å². The number of amides is 2. The van der Waals surface area contributed by atoms with Gasteiger partial charge in [0.1, 0.15) is 5.54 Å². The Hall–Kier alpha value is -2.51. The van der Waals surface area contributed by atoms with Gasteiger partial charge in [0.05, 0.1) is 24.5 Å². The summed E-state index contributed by atoms with van der Waals surface area (Å²) in [5.41, 5.74) is -0.373. The number of fused-ring (bicyclic) bond motifs is 1. The van der Waals surface area contributed by atoms with Crippen molar-refractivity contribution in [2.75, 3.05) is 13.2 Å². The molecule has 4 atom stereocenters. The van der Waals surface area contributed by atoms with Crippen molar-refractivity contribution >= 4 is 29.1 Å². The molecule has 2 amide bonds. The summed E-state index contributed by atoms with van der Waals surface area (Å²) in [6.07, 6.45) is 0.284. The van der Waals surface area contributed by atoms with E-state index in [1.807, 2.05) is 47.8 Å². The van der Waals surface area contributed by atoms with Gasteiger partial charge in [-0.1, -0.05) is 36.4 Å². The molecular weight excluding hydrogens is 388 g/mol. The fourth-order valence-corrected chi connectivity index (χ4v) is 5.51. The van der Waals surface area contributed by atoms with Crippen molar-refractivity contribution in [3.05, 3.63) is 58.3 Å². The molecule has 0 spiro atoms. The van der Waals surface area contributed by atoms with Gasteiger partial charge in [0.15, 0.2) is 0 Å². The first-order chi connectivity index (χ1) is 14.0. The first kappa shape index (κ1) is 19.8. The van der Waals surface area contributed by atoms with E-state index in [1.165, 1.54) is 16.2 Å². The van der Waals surface area contributed by atoms with E-state index in [0.717, 1.165) is 10.4 Å². The number of nitrogens with zero attached hydrogens (tertiary/aromatic N) is 1. The van der Waals surface area contributed by atoms with Gasteiger partial charge < -0.3 is 4.74 Å². The molecule has 2 aliphatic rings. The molecule has 2 aliphatic heterocycles. The molecule has 4 rings (SSSR count). The van der Waals surface area contributed by atoms with Crippen LogP contribution in [-0.4, -0.2) is 41.4 Å². The van der Waals surface area contributed by atoms with Gasteiger partial charge in [0.2, 0.25) is 11.8 Å². The maximum absolute atomic E-state index is 13.3. The van der Waals surface area contributed by atoms with Crippen LogP contribution in [0.3, 0.4) is 0 Å². The second-order valence-corrected chi connectivity index (χ2v) is 8.40. The van der Waals surface area contributed by atoms with E-state index in [4.69, 9.17) is 4.74 Å². The summed E-state index contributed by atoms with van der Waals surface area (Å²) in [5, 5.41) is 5.35. The van der Waals surface area contributed by atoms with E-state index in [9.17, 15) is 14.4 Å². The molecule has 152 valence electrons. The summed E-state index contributed by atoms with van der Waals surface area (Å²) in [5.74, 6) is -2.39. The Bertz CT molecular complexity index is 914. The first-order valence-corrected chi connectivity index (χ1v) is 10.8. The predicted octanol–water partition coefficient (Wildman–Crippen LogP) is 2.56. The Kier molecular flexibility index (Phi) is 5.27. The number of carbonyl (C=O) groups excluding carboxylic acids is 3. The van der Waals surface area contributed by atoms with Crippen LogP contribution in [0.4, 0.5) is 0 Å². The van der Waals surface area contributed by atoms with E-state index in [1.54, 1.807) is 13.8 Å². The minimum Gasteiger partial charge on any atom is -0.465 e. The third-order valence-corrected chi connectivity index (χ3v) is 6.83. The van der Waals surface area contributed by atoms with Crippen LogP contribution in [0, 0.1) is 11.8 Å². The Morgan fingerprint density at radius 3 is 2.52 bits per heavy atom. The van der Waals surface area contributed by atoms with Crippen molar-refractivity contribution in [3.63, 3.8) is 0 Å². The maximum Gasteiger partial charge on any atom is 0.327 e. The number of hydrogen-bond acceptors (Lipinski definition) is 6. The van der Waals surface area contributed by atoms with Gasteiger partial charge in [-0.3, -0.25) is 24.6 Å². The van der Waals surface area contributed by atoms with Crippen LogP contribution in [0.15, 0.2) is 47.8 Å². The molecule has 0 unspecified atom stereocenters. The van der Waals surface area contributed by atoms with Crippen molar-refractivity contribution in [1.82, 2.24) is 10.2 Å². The molecule has 2 fully saturated rings. The summed E-state index contributed by atoms with van der Waals surface area (Å²) in [4.78, 5) is 42.0. The number of benzene rings is 1. The summed E-state index contributed by atoms with van der Waals surface area (Å²) >= 11 is 1.52. The standard InChI is InChI=1S/C22H24N2O4S/c1-3-24-19(25)16-17(20(24)26)22(21(27)28-4-2,13-14-9-6-5-7-10-14)23-18(16)15-11-8-12-29-15/h5-12,16-18,23H,3-4,13H2,1-2H3/t16-,17-,18+,22+/m0/s1. The van der Waals surface area contributed by atoms with Crippen LogP contribution < -0.4 is 5.32 Å². The predicted molar refractivity (Wildman–Crippen MR) is 109 cm³/mol. The number of imide groups is 1. The number of rotatable bonds is 6. The third kappa shape index (κ3) is 3.09. The minimum atomic E-state index is -1.28. The fourth-order valence-electron chi connectivity index (χ4n) is 4.69. The number of ether oxygens (including phenoxy) is 1. The topological polar surface area (TPSA) is 75.7 Å². The lowest BCUT2D eigenvalue weighted by atomic mass is 9.76. The fraction of sp³-hybridized carbons (Fsp3) is 0.409. The quantitative estimate of drug-likeness (QED) is 0.583. The molecule has 6 nitrogen and oxygen atoms in total. The molecular formula is C22H24N2O4S. The Morgan fingerprint density at radius 1 is 1.14 bits per heavy atom. The van der Waals surface area contributed by atoms with Crippen molar-refractivity contribution < 1.29 is 19.1 Å². The highest BCUT2D eigenvalue weighted by Crippen LogP contribution is 2.51. The number of thiophene rings is 1. The highest BCUT2D eigenvalue weighted by atomic mass is 32.1. The van der Waals surface area contributed by atoms with Crippen molar-refractivity contribution in [2.45, 2.75) is 31.8 Å². The van der Waals surface area contributed by atoms with Gasteiger partial charge in [-0.05, 0) is 30.9 Å². The lowest BCUT2D eigenvalue weighted by Crippen LogP contribution is -2.58. The zero-order valence-electron chi connectivity index (χ0n) is 16.5. The van der Waals surface area contributed by atoms with Crippen LogP contribution >= 0.6 is 11.3 Å². The Balaban J connectivity index is 1.85. The number of nitrogens with one attached hydrogen (secondary N) is 1. The number of hydrogen-bond donors (Lipinski definition) is 1. The van der Waals surface area contributed by atoms with Crippen molar-refractivity contribution in [3.8, 4) is 0 Å². The Morgan fingerprint density at radius 2 is 1.90 bits per heavy atom. The highest BCUT2D eigenvalue weighted by Gasteiger charge is 2.68. The lowest BCUT2D eigenvalue weighted by molar-refractivity contribution is -0.156. The molecule has 0 bridgehead atoms. The lowest BCUT2D eigenvalue weighted by Gasteiger charge is -2.32. The first-order valence-electron chi connectivity index (χ1n) is 9.91. The maximum atomic E-state index is 13.3. The smallest absolute Gasteiger partial charge is 0.327 e. The molecule has 0 aliphatic carbocycles. The summed E-state index contributed by atoms with van der Waals surface area (Å²) in [7, 11) is 0. The van der Waals surface area contributed by atoms with E-state index < -0.39 is 29.4 Å². The molecule has 0 radical (unpaired) electrons. The molecule has 2 saturated heterocycles. The average Bonchev–Trinajstić information content (AvgIpc) is 3.41. The average molecular weight is 413 g/mol. The SMILES string of the molecule is CCOC(=O)[C@]1(Cc2ccccc2)N[C@H](c2cccs2)[C@H]2C(=O)N(CC)C(=O)[C@H]21. The van der Waals surface area contributed by atoms with E-state index in [0.29, 0.717) is 6.54 Å². The second kappa shape index (κ2) is 7.72. The summed E-state index contributed by atoms with van der Waals surface area (Å²) in [6, 6.07) is 13.0. The van der Waals surface area contributed by atoms with Gasteiger partial charge in [-0.2, -0.15) is 0 Å². The molecule has 7 heteroatoms. The van der Waals surface area contributed by atoms with E-state index in [-0.39, 0.29) is 24.8 Å². The van der Waals surface area contributed by atoms with Gasteiger partial charge >= 0.3 is 5.97 Å². The van der Waals surface area contributed by atoms with Crippen LogP contribution in [0.1, 0.15) is 30.3 Å². The summed E-state index contributed by atoms with van der Waals surface area (Å²) in [6.45, 7) is 4.04. The molecule has 3 heterocycles. The zero-order valence-corrected chi connectivity index (χ0v) is 17.3. The Labute approximate surface area is 173 Å². The highest BCUT2D eigenvalue weighted by molar-refractivity contribution is 7.10. The molecule has 1 aromatic heterocycles. The van der Waals surface area contributed by atoms with Crippen LogP contribution in [0.2, 0.25) is 0 Å². The van der Waals surface area contributed by atoms with Gasteiger partial charge in [0.25, 0.3) is 0 Å². The number of esters is 1. The molecule has 0 saturated carbocycles. The van der Waals surface area contributed by atoms with E-state index in [2.05, 4.69) is 5.32 Å². The monoisotopic (exact) mass is 412 g/mol. The minimum absolute atomic E-state index is 0.206. The molecule has 29 heavy (non-hydrogen) atoms. The molecule has 1 N–H and O–H groups in total. The van der Waals surface area contributed by atoms with Gasteiger partial charge in [-0.15, -0.1) is 11.3 Å². The zero-order chi connectivity index (χ0) is 20.6. The van der Waals surface area contributed by atoms with Crippen LogP contribution in [0.25, 0.3) is 0 Å². The summed E-state index contributed by atoms with van der Waals surface area (Å²) < 4.78 is 5.45. The third-order valence-electron chi connectivity index (χ3n) is 5.88. The van der Waals surface area contributed by atoms with Crippen LogP contribution in [-0.2, 0) is 25.5 Å². The largest absolute Gasteiger partial charge is 0.465 e. The van der Waals surface area contributed by atoms with Gasteiger partial charge in [-0.25, -0.2) is 0 Å². The van der Waals surface area contributed by atoms with Crippen molar-refractivity contribution in [1.29, 1.82) is 0 Å². The second-order valence-electron chi connectivity index (χ2n) is 7.42. The normalized spacial score (nSPS) is 28.6. The number of carbonyl (C=O) groups is 3. The number of likely N-dealkylation sites (tertiary alicyclic amines) is 1. The van der Waals surface area contributed by atoms with Crippen molar-refractivity contribution in [2.24, 2.45) is 11.8 Å². The van der Waals surface area contributed by atoms with Gasteiger partial charge in [0, 0.05) is 17.8 Å². The van der Waals surface area contributed by atoms with E-state index >= 15 is 0 Å².